The fraction of sp³-hybridized carbons (Fsp3) is 0.938. The van der Waals surface area contributed by atoms with Gasteiger partial charge in [0.15, 0.2) is 0 Å². The van der Waals surface area contributed by atoms with Gasteiger partial charge in [0.2, 0.25) is 0 Å². The number of rotatable bonds is 8. The highest BCUT2D eigenvalue weighted by Gasteiger charge is 2.19. The Morgan fingerprint density at radius 2 is 1.65 bits per heavy atom. The van der Waals surface area contributed by atoms with E-state index in [4.69, 9.17) is 4.74 Å². The van der Waals surface area contributed by atoms with Crippen molar-refractivity contribution in [3.8, 4) is 0 Å². The van der Waals surface area contributed by atoms with Crippen LogP contribution in [0, 0.1) is 11.8 Å². The van der Waals surface area contributed by atoms with Crippen LogP contribution >= 0.6 is 0 Å². The molecule has 0 radical (unpaired) electrons. The summed E-state index contributed by atoms with van der Waals surface area (Å²) in [5, 5.41) is 6.43. The number of nitrogens with one attached hydrogen (secondary N) is 2. The van der Waals surface area contributed by atoms with Crippen molar-refractivity contribution in [1.82, 2.24) is 10.6 Å². The molecule has 0 bridgehead atoms. The highest BCUT2D eigenvalue weighted by Crippen LogP contribution is 2.09. The van der Waals surface area contributed by atoms with Crippen molar-refractivity contribution in [3.05, 3.63) is 0 Å². The Balaban J connectivity index is 4.18. The summed E-state index contributed by atoms with van der Waals surface area (Å²) in [7, 11) is 0. The predicted octanol–water partition coefficient (Wildman–Crippen LogP) is 3.56. The van der Waals surface area contributed by atoms with Gasteiger partial charge in [-0.3, -0.25) is 0 Å². The second kappa shape index (κ2) is 9.22. The molecule has 1 amide bonds. The van der Waals surface area contributed by atoms with Crippen molar-refractivity contribution < 1.29 is 9.53 Å². The Morgan fingerprint density at radius 1 is 1.10 bits per heavy atom. The first-order valence-corrected chi connectivity index (χ1v) is 7.89. The van der Waals surface area contributed by atoms with E-state index in [1.807, 2.05) is 20.8 Å². The summed E-state index contributed by atoms with van der Waals surface area (Å²) in [5.41, 5.74) is -0.444. The molecule has 120 valence electrons. The number of ether oxygens (including phenoxy) is 1. The molecule has 0 saturated carbocycles. The highest BCUT2D eigenvalue weighted by atomic mass is 16.6. The van der Waals surface area contributed by atoms with Crippen molar-refractivity contribution in [1.29, 1.82) is 0 Å². The molecule has 0 aliphatic carbocycles. The molecule has 4 nitrogen and oxygen atoms in total. The summed E-state index contributed by atoms with van der Waals surface area (Å²) in [6.45, 7) is 16.0. The Morgan fingerprint density at radius 3 is 2.05 bits per heavy atom. The Kier molecular flexibility index (Phi) is 8.86. The molecular formula is C16H34N2O2. The van der Waals surface area contributed by atoms with E-state index in [1.165, 1.54) is 12.8 Å². The van der Waals surface area contributed by atoms with Crippen LogP contribution in [0.4, 0.5) is 4.79 Å². The average molecular weight is 286 g/mol. The van der Waals surface area contributed by atoms with Gasteiger partial charge >= 0.3 is 6.09 Å². The lowest BCUT2D eigenvalue weighted by Gasteiger charge is -2.26. The van der Waals surface area contributed by atoms with Crippen LogP contribution in [0.1, 0.15) is 61.3 Å². The Hall–Kier alpha value is -0.770. The highest BCUT2D eigenvalue weighted by molar-refractivity contribution is 5.67. The number of alkyl carbamates (subject to hydrolysis) is 1. The summed E-state index contributed by atoms with van der Waals surface area (Å²) in [6.07, 6.45) is 2.04. The van der Waals surface area contributed by atoms with Gasteiger partial charge < -0.3 is 15.4 Å². The number of carbonyl (C=O) groups is 1. The minimum Gasteiger partial charge on any atom is -0.444 e. The van der Waals surface area contributed by atoms with E-state index in [0.717, 1.165) is 6.54 Å². The number of amides is 1. The molecular weight excluding hydrogens is 252 g/mol. The monoisotopic (exact) mass is 286 g/mol. The zero-order valence-electron chi connectivity index (χ0n) is 14.4. The van der Waals surface area contributed by atoms with Gasteiger partial charge in [0.1, 0.15) is 5.60 Å². The third-order valence-electron chi connectivity index (χ3n) is 3.49. The molecule has 0 spiro atoms. The number of carbonyl (C=O) groups excluding carboxylic acids is 1. The number of hydrogen-bond acceptors (Lipinski definition) is 3. The fourth-order valence-electron chi connectivity index (χ4n) is 1.95. The van der Waals surface area contributed by atoms with Gasteiger partial charge in [-0.05, 0) is 39.2 Å². The zero-order chi connectivity index (χ0) is 15.8. The third kappa shape index (κ3) is 9.18. The molecule has 2 N–H and O–H groups in total. The van der Waals surface area contributed by atoms with E-state index >= 15 is 0 Å². The van der Waals surface area contributed by atoms with Gasteiger partial charge in [0, 0.05) is 12.6 Å². The lowest BCUT2D eigenvalue weighted by Crippen LogP contribution is -2.46. The van der Waals surface area contributed by atoms with Gasteiger partial charge in [-0.1, -0.05) is 40.5 Å². The number of hydrogen-bond donors (Lipinski definition) is 2. The van der Waals surface area contributed by atoms with Gasteiger partial charge in [0.25, 0.3) is 0 Å². The fourth-order valence-corrected chi connectivity index (χ4v) is 1.95. The normalized spacial score (nSPS) is 13.7. The molecule has 0 fully saturated rings. The summed E-state index contributed by atoms with van der Waals surface area (Å²) in [6, 6.07) is 0.281. The van der Waals surface area contributed by atoms with Crippen LogP contribution in [0.2, 0.25) is 0 Å². The van der Waals surface area contributed by atoms with Crippen molar-refractivity contribution >= 4 is 6.09 Å². The lowest BCUT2D eigenvalue weighted by atomic mass is 10.0. The van der Waals surface area contributed by atoms with Crippen LogP contribution in [0.25, 0.3) is 0 Å². The van der Waals surface area contributed by atoms with Crippen LogP contribution in [-0.4, -0.2) is 30.8 Å². The molecule has 0 heterocycles. The topological polar surface area (TPSA) is 50.4 Å². The average Bonchev–Trinajstić information content (AvgIpc) is 2.31. The summed E-state index contributed by atoms with van der Waals surface area (Å²) >= 11 is 0. The van der Waals surface area contributed by atoms with E-state index in [1.54, 1.807) is 0 Å². The van der Waals surface area contributed by atoms with Crippen molar-refractivity contribution in [2.45, 2.75) is 73.0 Å². The maximum atomic E-state index is 11.7. The molecule has 1 atom stereocenters. The maximum Gasteiger partial charge on any atom is 0.407 e. The molecule has 4 heteroatoms. The Bertz CT molecular complexity index is 268. The summed E-state index contributed by atoms with van der Waals surface area (Å²) < 4.78 is 5.26. The lowest BCUT2D eigenvalue weighted by molar-refractivity contribution is 0.0519. The standard InChI is InChI=1S/C16H34N2O2/c1-8-13(9-2)10-17-14(12(3)4)11-18-15(19)20-16(5,6)7/h12-14,17H,8-11H2,1-7H3,(H,18,19). The molecule has 0 aromatic heterocycles. The first-order chi connectivity index (χ1) is 9.19. The molecule has 0 saturated heterocycles. The van der Waals surface area contributed by atoms with E-state index < -0.39 is 5.60 Å². The van der Waals surface area contributed by atoms with Gasteiger partial charge in [0.05, 0.1) is 0 Å². The quantitative estimate of drug-likeness (QED) is 0.717. The summed E-state index contributed by atoms with van der Waals surface area (Å²) in [4.78, 5) is 11.7. The first kappa shape index (κ1) is 19.2. The van der Waals surface area contributed by atoms with Crippen molar-refractivity contribution in [3.63, 3.8) is 0 Å². The molecule has 0 aliphatic rings. The van der Waals surface area contributed by atoms with Crippen molar-refractivity contribution in [2.75, 3.05) is 13.1 Å². The van der Waals surface area contributed by atoms with E-state index in [-0.39, 0.29) is 12.1 Å². The van der Waals surface area contributed by atoms with Gasteiger partial charge in [-0.15, -0.1) is 0 Å². The van der Waals surface area contributed by atoms with E-state index in [2.05, 4.69) is 38.3 Å². The smallest absolute Gasteiger partial charge is 0.407 e. The molecule has 1 unspecified atom stereocenters. The SMILES string of the molecule is CCC(CC)CNC(CNC(=O)OC(C)(C)C)C(C)C. The van der Waals surface area contributed by atoms with Crippen LogP contribution in [0.5, 0.6) is 0 Å². The van der Waals surface area contributed by atoms with Crippen LogP contribution < -0.4 is 10.6 Å². The zero-order valence-corrected chi connectivity index (χ0v) is 14.4. The maximum absolute atomic E-state index is 11.7. The van der Waals surface area contributed by atoms with Crippen LogP contribution in [0.3, 0.4) is 0 Å². The van der Waals surface area contributed by atoms with E-state index in [9.17, 15) is 4.79 Å². The second-order valence-electron chi connectivity index (χ2n) is 6.82. The molecule has 0 aromatic carbocycles. The first-order valence-electron chi connectivity index (χ1n) is 7.89. The third-order valence-corrected chi connectivity index (χ3v) is 3.49. The molecule has 0 rings (SSSR count). The summed E-state index contributed by atoms with van der Waals surface area (Å²) in [5.74, 6) is 1.18. The van der Waals surface area contributed by atoms with Crippen molar-refractivity contribution in [2.24, 2.45) is 11.8 Å². The van der Waals surface area contributed by atoms with Gasteiger partial charge in [-0.25, -0.2) is 4.79 Å². The largest absolute Gasteiger partial charge is 0.444 e. The second-order valence-corrected chi connectivity index (χ2v) is 6.82. The van der Waals surface area contributed by atoms with Crippen LogP contribution in [-0.2, 0) is 4.74 Å². The van der Waals surface area contributed by atoms with E-state index in [0.29, 0.717) is 18.4 Å². The Labute approximate surface area is 125 Å². The predicted molar refractivity (Wildman–Crippen MR) is 84.9 cm³/mol. The minimum absolute atomic E-state index is 0.281. The minimum atomic E-state index is -0.444. The van der Waals surface area contributed by atoms with Crippen LogP contribution in [0.15, 0.2) is 0 Å². The molecule has 0 aliphatic heterocycles. The molecule has 0 aromatic rings. The van der Waals surface area contributed by atoms with Gasteiger partial charge in [-0.2, -0.15) is 0 Å². The molecule has 20 heavy (non-hydrogen) atoms.